The van der Waals surface area contributed by atoms with Gasteiger partial charge in [0.15, 0.2) is 0 Å². The SMILES string of the molecule is C#CCCN1C(=O)C2(CCCCC2)NC(=O)C1C. The second-order valence-electron chi connectivity index (χ2n) is 5.26. The fourth-order valence-electron chi connectivity index (χ4n) is 2.96. The van der Waals surface area contributed by atoms with E-state index in [1.807, 2.05) is 0 Å². The van der Waals surface area contributed by atoms with Gasteiger partial charge in [-0.15, -0.1) is 12.3 Å². The lowest BCUT2D eigenvalue weighted by Gasteiger charge is -2.46. The molecule has 0 aromatic heterocycles. The molecule has 0 aromatic rings. The third kappa shape index (κ3) is 2.10. The van der Waals surface area contributed by atoms with E-state index < -0.39 is 11.6 Å². The first kappa shape index (κ1) is 12.9. The number of carbonyl (C=O) groups excluding carboxylic acids is 2. The molecular weight excluding hydrogens is 228 g/mol. The lowest BCUT2D eigenvalue weighted by atomic mass is 9.78. The zero-order valence-electron chi connectivity index (χ0n) is 10.9. The maximum absolute atomic E-state index is 12.6. The molecule has 18 heavy (non-hydrogen) atoms. The molecule has 2 rings (SSSR count). The Bertz CT molecular complexity index is 391. The van der Waals surface area contributed by atoms with Crippen LogP contribution in [0.2, 0.25) is 0 Å². The van der Waals surface area contributed by atoms with E-state index in [1.54, 1.807) is 11.8 Å². The van der Waals surface area contributed by atoms with Crippen molar-refractivity contribution in [3.63, 3.8) is 0 Å². The number of terminal acetylenes is 1. The summed E-state index contributed by atoms with van der Waals surface area (Å²) in [4.78, 5) is 26.3. The van der Waals surface area contributed by atoms with Crippen molar-refractivity contribution in [1.29, 1.82) is 0 Å². The summed E-state index contributed by atoms with van der Waals surface area (Å²) < 4.78 is 0. The van der Waals surface area contributed by atoms with Gasteiger partial charge in [0.2, 0.25) is 11.8 Å². The fraction of sp³-hybridized carbons (Fsp3) is 0.714. The minimum atomic E-state index is -0.642. The molecule has 0 radical (unpaired) electrons. The minimum absolute atomic E-state index is 0.0477. The zero-order chi connectivity index (χ0) is 13.2. The number of nitrogens with one attached hydrogen (secondary N) is 1. The number of hydrogen-bond acceptors (Lipinski definition) is 2. The van der Waals surface area contributed by atoms with Gasteiger partial charge in [0.25, 0.3) is 0 Å². The summed E-state index contributed by atoms with van der Waals surface area (Å²) in [6.45, 7) is 2.24. The minimum Gasteiger partial charge on any atom is -0.340 e. The van der Waals surface area contributed by atoms with Gasteiger partial charge >= 0.3 is 0 Å². The number of hydrogen-bond donors (Lipinski definition) is 1. The highest BCUT2D eigenvalue weighted by Gasteiger charge is 2.49. The Labute approximate surface area is 108 Å². The van der Waals surface area contributed by atoms with Crippen molar-refractivity contribution < 1.29 is 9.59 Å². The van der Waals surface area contributed by atoms with Gasteiger partial charge in [-0.3, -0.25) is 9.59 Å². The van der Waals surface area contributed by atoms with Crippen molar-refractivity contribution >= 4 is 11.8 Å². The number of amides is 2. The number of nitrogens with zero attached hydrogens (tertiary/aromatic N) is 1. The van der Waals surface area contributed by atoms with Crippen LogP contribution in [-0.2, 0) is 9.59 Å². The van der Waals surface area contributed by atoms with Crippen LogP contribution in [0.5, 0.6) is 0 Å². The number of rotatable bonds is 2. The largest absolute Gasteiger partial charge is 0.340 e. The molecular formula is C14H20N2O2. The fourth-order valence-corrected chi connectivity index (χ4v) is 2.96. The quantitative estimate of drug-likeness (QED) is 0.743. The Balaban J connectivity index is 2.21. The molecule has 2 aliphatic rings. The average molecular weight is 248 g/mol. The van der Waals surface area contributed by atoms with E-state index in [4.69, 9.17) is 6.42 Å². The molecule has 1 heterocycles. The van der Waals surface area contributed by atoms with Crippen molar-refractivity contribution in [2.75, 3.05) is 6.54 Å². The Kier molecular flexibility index (Phi) is 3.60. The van der Waals surface area contributed by atoms with Crippen LogP contribution >= 0.6 is 0 Å². The van der Waals surface area contributed by atoms with Crippen LogP contribution in [0.4, 0.5) is 0 Å². The van der Waals surface area contributed by atoms with E-state index in [0.717, 1.165) is 32.1 Å². The Morgan fingerprint density at radius 3 is 2.67 bits per heavy atom. The van der Waals surface area contributed by atoms with E-state index in [0.29, 0.717) is 13.0 Å². The molecule has 2 fully saturated rings. The van der Waals surface area contributed by atoms with Gasteiger partial charge < -0.3 is 10.2 Å². The molecule has 98 valence electrons. The molecule has 4 heteroatoms. The van der Waals surface area contributed by atoms with Crippen LogP contribution in [0.1, 0.15) is 45.4 Å². The van der Waals surface area contributed by atoms with Gasteiger partial charge in [-0.2, -0.15) is 0 Å². The van der Waals surface area contributed by atoms with Crippen LogP contribution in [-0.4, -0.2) is 34.8 Å². The summed E-state index contributed by atoms with van der Waals surface area (Å²) in [7, 11) is 0. The van der Waals surface area contributed by atoms with Gasteiger partial charge in [-0.1, -0.05) is 19.3 Å². The van der Waals surface area contributed by atoms with Crippen molar-refractivity contribution in [3.05, 3.63) is 0 Å². The van der Waals surface area contributed by atoms with Crippen LogP contribution < -0.4 is 5.32 Å². The summed E-state index contributed by atoms with van der Waals surface area (Å²) in [5, 5.41) is 2.96. The molecule has 1 aliphatic carbocycles. The van der Waals surface area contributed by atoms with Crippen LogP contribution in [0.15, 0.2) is 0 Å². The highest BCUT2D eigenvalue weighted by atomic mass is 16.2. The lowest BCUT2D eigenvalue weighted by molar-refractivity contribution is -0.155. The van der Waals surface area contributed by atoms with Crippen molar-refractivity contribution in [2.24, 2.45) is 0 Å². The van der Waals surface area contributed by atoms with E-state index in [9.17, 15) is 9.59 Å². The maximum atomic E-state index is 12.6. The topological polar surface area (TPSA) is 49.4 Å². The van der Waals surface area contributed by atoms with Crippen molar-refractivity contribution in [2.45, 2.75) is 57.0 Å². The first-order valence-electron chi connectivity index (χ1n) is 6.67. The van der Waals surface area contributed by atoms with E-state index in [1.165, 1.54) is 0 Å². The van der Waals surface area contributed by atoms with Crippen LogP contribution in [0.25, 0.3) is 0 Å². The molecule has 1 N–H and O–H groups in total. The third-order valence-corrected chi connectivity index (χ3v) is 4.08. The van der Waals surface area contributed by atoms with E-state index in [2.05, 4.69) is 11.2 Å². The molecule has 0 bridgehead atoms. The first-order valence-corrected chi connectivity index (χ1v) is 6.67. The summed E-state index contributed by atoms with van der Waals surface area (Å²) in [5.41, 5.74) is -0.642. The highest BCUT2D eigenvalue weighted by molar-refractivity contribution is 5.99. The predicted molar refractivity (Wildman–Crippen MR) is 68.6 cm³/mol. The second kappa shape index (κ2) is 5.01. The molecule has 2 amide bonds. The standard InChI is InChI=1S/C14H20N2O2/c1-3-4-10-16-11(2)12(17)15-14(13(16)18)8-6-5-7-9-14/h1,11H,4-10H2,2H3,(H,15,17). The smallest absolute Gasteiger partial charge is 0.249 e. The summed E-state index contributed by atoms with van der Waals surface area (Å²) in [6.07, 6.45) is 10.4. The Morgan fingerprint density at radius 2 is 2.06 bits per heavy atom. The van der Waals surface area contributed by atoms with Gasteiger partial charge in [-0.25, -0.2) is 0 Å². The Hall–Kier alpha value is -1.50. The van der Waals surface area contributed by atoms with Crippen molar-refractivity contribution in [1.82, 2.24) is 10.2 Å². The first-order chi connectivity index (χ1) is 8.60. The van der Waals surface area contributed by atoms with Crippen molar-refractivity contribution in [3.8, 4) is 12.3 Å². The predicted octanol–water partition coefficient (Wildman–Crippen LogP) is 1.06. The lowest BCUT2D eigenvalue weighted by Crippen LogP contribution is -2.70. The molecule has 4 nitrogen and oxygen atoms in total. The Morgan fingerprint density at radius 1 is 1.39 bits per heavy atom. The maximum Gasteiger partial charge on any atom is 0.249 e. The van der Waals surface area contributed by atoms with E-state index in [-0.39, 0.29) is 11.8 Å². The highest BCUT2D eigenvalue weighted by Crippen LogP contribution is 2.33. The normalized spacial score (nSPS) is 26.9. The molecule has 1 spiro atoms. The molecule has 1 saturated carbocycles. The summed E-state index contributed by atoms with van der Waals surface area (Å²) in [6, 6.07) is -0.404. The molecule has 1 unspecified atom stereocenters. The van der Waals surface area contributed by atoms with Crippen LogP contribution in [0.3, 0.4) is 0 Å². The summed E-state index contributed by atoms with van der Waals surface area (Å²) in [5.74, 6) is 2.55. The number of carbonyl (C=O) groups is 2. The van der Waals surface area contributed by atoms with E-state index >= 15 is 0 Å². The van der Waals surface area contributed by atoms with Gasteiger partial charge in [0.05, 0.1) is 0 Å². The monoisotopic (exact) mass is 248 g/mol. The summed E-state index contributed by atoms with van der Waals surface area (Å²) >= 11 is 0. The molecule has 1 atom stereocenters. The zero-order valence-corrected chi connectivity index (χ0v) is 10.9. The molecule has 1 saturated heterocycles. The number of piperazine rings is 1. The van der Waals surface area contributed by atoms with Gasteiger partial charge in [-0.05, 0) is 19.8 Å². The molecule has 0 aromatic carbocycles. The van der Waals surface area contributed by atoms with Gasteiger partial charge in [0, 0.05) is 13.0 Å². The van der Waals surface area contributed by atoms with Crippen LogP contribution in [0, 0.1) is 12.3 Å². The average Bonchev–Trinajstić information content (AvgIpc) is 2.38. The second-order valence-corrected chi connectivity index (χ2v) is 5.26. The molecule has 1 aliphatic heterocycles. The third-order valence-electron chi connectivity index (χ3n) is 4.08. The van der Waals surface area contributed by atoms with Gasteiger partial charge in [0.1, 0.15) is 11.6 Å².